The van der Waals surface area contributed by atoms with Crippen LogP contribution in [0.4, 0.5) is 5.69 Å². The normalized spacial score (nSPS) is 20.5. The van der Waals surface area contributed by atoms with Crippen LogP contribution in [-0.4, -0.2) is 25.0 Å². The van der Waals surface area contributed by atoms with Crippen LogP contribution in [0.3, 0.4) is 0 Å². The predicted molar refractivity (Wildman–Crippen MR) is 68.7 cm³/mol. The van der Waals surface area contributed by atoms with Gasteiger partial charge in [0.15, 0.2) is 0 Å². The van der Waals surface area contributed by atoms with E-state index in [4.69, 9.17) is 4.74 Å². The minimum Gasteiger partial charge on any atom is -0.492 e. The minimum absolute atomic E-state index is 0.262. The summed E-state index contributed by atoms with van der Waals surface area (Å²) in [7, 11) is 0. The maximum absolute atomic E-state index is 11.4. The molecule has 0 saturated carbocycles. The number of ether oxygens (including phenoxy) is 1. The SMILES string of the molecule is CCOc1ccccc1N1CCC(=O)CC1C. The van der Waals surface area contributed by atoms with E-state index in [1.165, 1.54) is 0 Å². The Balaban J connectivity index is 2.23. The van der Waals surface area contributed by atoms with Crippen molar-refractivity contribution in [1.82, 2.24) is 0 Å². The van der Waals surface area contributed by atoms with Gasteiger partial charge in [0.05, 0.1) is 12.3 Å². The summed E-state index contributed by atoms with van der Waals surface area (Å²) in [6.07, 6.45) is 1.28. The highest BCUT2D eigenvalue weighted by molar-refractivity contribution is 5.82. The molecule has 1 heterocycles. The molecule has 17 heavy (non-hydrogen) atoms. The smallest absolute Gasteiger partial charge is 0.142 e. The number of para-hydroxylation sites is 2. The van der Waals surface area contributed by atoms with E-state index in [0.717, 1.165) is 18.0 Å². The van der Waals surface area contributed by atoms with Crippen molar-refractivity contribution in [2.24, 2.45) is 0 Å². The third-order valence-corrected chi connectivity index (χ3v) is 3.16. The summed E-state index contributed by atoms with van der Waals surface area (Å²) in [4.78, 5) is 13.7. The standard InChI is InChI=1S/C14H19NO2/c1-3-17-14-7-5-4-6-13(14)15-9-8-12(16)10-11(15)2/h4-7,11H,3,8-10H2,1-2H3. The van der Waals surface area contributed by atoms with E-state index in [1.54, 1.807) is 0 Å². The van der Waals surface area contributed by atoms with Gasteiger partial charge in [0.25, 0.3) is 0 Å². The molecule has 1 aliphatic rings. The van der Waals surface area contributed by atoms with Crippen LogP contribution in [0.25, 0.3) is 0 Å². The maximum Gasteiger partial charge on any atom is 0.142 e. The van der Waals surface area contributed by atoms with Crippen LogP contribution < -0.4 is 9.64 Å². The number of benzene rings is 1. The molecule has 0 N–H and O–H groups in total. The van der Waals surface area contributed by atoms with Gasteiger partial charge in [-0.3, -0.25) is 4.79 Å². The molecule has 3 nitrogen and oxygen atoms in total. The second-order valence-corrected chi connectivity index (χ2v) is 4.44. The molecule has 92 valence electrons. The Labute approximate surface area is 102 Å². The van der Waals surface area contributed by atoms with Crippen molar-refractivity contribution in [2.45, 2.75) is 32.7 Å². The molecule has 2 rings (SSSR count). The van der Waals surface area contributed by atoms with Crippen LogP contribution >= 0.6 is 0 Å². The fourth-order valence-corrected chi connectivity index (χ4v) is 2.34. The lowest BCUT2D eigenvalue weighted by molar-refractivity contribution is -0.120. The van der Waals surface area contributed by atoms with Crippen molar-refractivity contribution >= 4 is 11.5 Å². The van der Waals surface area contributed by atoms with Crippen molar-refractivity contribution in [2.75, 3.05) is 18.1 Å². The lowest BCUT2D eigenvalue weighted by Crippen LogP contribution is -2.41. The quantitative estimate of drug-likeness (QED) is 0.803. The summed E-state index contributed by atoms with van der Waals surface area (Å²) >= 11 is 0. The number of carbonyl (C=O) groups excluding carboxylic acids is 1. The number of rotatable bonds is 3. The van der Waals surface area contributed by atoms with E-state index in [0.29, 0.717) is 25.2 Å². The Hall–Kier alpha value is -1.51. The first-order valence-electron chi connectivity index (χ1n) is 6.22. The summed E-state index contributed by atoms with van der Waals surface area (Å²) in [6.45, 7) is 5.54. The average Bonchev–Trinajstić information content (AvgIpc) is 2.31. The largest absolute Gasteiger partial charge is 0.492 e. The van der Waals surface area contributed by atoms with E-state index < -0.39 is 0 Å². The highest BCUT2D eigenvalue weighted by Crippen LogP contribution is 2.32. The Morgan fingerprint density at radius 2 is 2.18 bits per heavy atom. The molecule has 1 saturated heterocycles. The zero-order valence-corrected chi connectivity index (χ0v) is 10.5. The van der Waals surface area contributed by atoms with Crippen molar-refractivity contribution in [3.05, 3.63) is 24.3 Å². The first kappa shape index (κ1) is 12.0. The number of anilines is 1. The molecule has 0 aromatic heterocycles. The summed E-state index contributed by atoms with van der Waals surface area (Å²) in [5, 5.41) is 0. The molecular formula is C14H19NO2. The van der Waals surface area contributed by atoms with E-state index in [-0.39, 0.29) is 6.04 Å². The number of Topliss-reactive ketones (excluding diaryl/α,β-unsaturated/α-hetero) is 1. The third-order valence-electron chi connectivity index (χ3n) is 3.16. The molecule has 0 spiro atoms. The summed E-state index contributed by atoms with van der Waals surface area (Å²) in [5.41, 5.74) is 1.11. The van der Waals surface area contributed by atoms with Gasteiger partial charge in [-0.25, -0.2) is 0 Å². The number of nitrogens with zero attached hydrogens (tertiary/aromatic N) is 1. The molecule has 1 fully saturated rings. The molecule has 0 radical (unpaired) electrons. The van der Waals surface area contributed by atoms with Crippen LogP contribution in [0.15, 0.2) is 24.3 Å². The van der Waals surface area contributed by atoms with E-state index in [2.05, 4.69) is 17.9 Å². The van der Waals surface area contributed by atoms with Crippen LogP contribution in [0.1, 0.15) is 26.7 Å². The highest BCUT2D eigenvalue weighted by Gasteiger charge is 2.25. The van der Waals surface area contributed by atoms with Gasteiger partial charge < -0.3 is 9.64 Å². The molecular weight excluding hydrogens is 214 g/mol. The van der Waals surface area contributed by atoms with Gasteiger partial charge in [0, 0.05) is 25.4 Å². The Morgan fingerprint density at radius 1 is 1.41 bits per heavy atom. The topological polar surface area (TPSA) is 29.5 Å². The van der Waals surface area contributed by atoms with Crippen LogP contribution in [-0.2, 0) is 4.79 Å². The van der Waals surface area contributed by atoms with Gasteiger partial charge in [-0.15, -0.1) is 0 Å². The highest BCUT2D eigenvalue weighted by atomic mass is 16.5. The molecule has 0 amide bonds. The number of carbonyl (C=O) groups is 1. The molecule has 3 heteroatoms. The van der Waals surface area contributed by atoms with E-state index in [9.17, 15) is 4.79 Å². The Kier molecular flexibility index (Phi) is 3.67. The number of hydrogen-bond acceptors (Lipinski definition) is 3. The van der Waals surface area contributed by atoms with Crippen LogP contribution in [0, 0.1) is 0 Å². The lowest BCUT2D eigenvalue weighted by Gasteiger charge is -2.35. The van der Waals surface area contributed by atoms with Gasteiger partial charge in [-0.1, -0.05) is 12.1 Å². The summed E-state index contributed by atoms with van der Waals surface area (Å²) in [6, 6.07) is 8.31. The van der Waals surface area contributed by atoms with Gasteiger partial charge in [0.2, 0.25) is 0 Å². The Morgan fingerprint density at radius 3 is 2.88 bits per heavy atom. The van der Waals surface area contributed by atoms with Crippen molar-refractivity contribution in [1.29, 1.82) is 0 Å². The number of hydrogen-bond donors (Lipinski definition) is 0. The van der Waals surface area contributed by atoms with Gasteiger partial charge in [-0.2, -0.15) is 0 Å². The van der Waals surface area contributed by atoms with E-state index >= 15 is 0 Å². The van der Waals surface area contributed by atoms with Gasteiger partial charge in [0.1, 0.15) is 11.5 Å². The Bertz CT molecular complexity index is 403. The fraction of sp³-hybridized carbons (Fsp3) is 0.500. The second-order valence-electron chi connectivity index (χ2n) is 4.44. The fourth-order valence-electron chi connectivity index (χ4n) is 2.34. The zero-order valence-electron chi connectivity index (χ0n) is 10.5. The van der Waals surface area contributed by atoms with E-state index in [1.807, 2.05) is 25.1 Å². The molecule has 0 bridgehead atoms. The lowest BCUT2D eigenvalue weighted by atomic mass is 10.0. The van der Waals surface area contributed by atoms with Crippen molar-refractivity contribution in [3.63, 3.8) is 0 Å². The number of ketones is 1. The maximum atomic E-state index is 11.4. The minimum atomic E-state index is 0.262. The molecule has 1 aromatic carbocycles. The summed E-state index contributed by atoms with van der Waals surface area (Å²) in [5.74, 6) is 1.28. The molecule has 1 atom stereocenters. The first-order valence-corrected chi connectivity index (χ1v) is 6.22. The second kappa shape index (κ2) is 5.21. The zero-order chi connectivity index (χ0) is 12.3. The summed E-state index contributed by atoms with van der Waals surface area (Å²) < 4.78 is 5.64. The molecule has 1 unspecified atom stereocenters. The van der Waals surface area contributed by atoms with Crippen LogP contribution in [0.5, 0.6) is 5.75 Å². The van der Waals surface area contributed by atoms with Crippen LogP contribution in [0.2, 0.25) is 0 Å². The molecule has 1 aromatic rings. The first-order chi connectivity index (χ1) is 8.22. The monoisotopic (exact) mass is 233 g/mol. The van der Waals surface area contributed by atoms with Gasteiger partial charge >= 0.3 is 0 Å². The predicted octanol–water partition coefficient (Wildman–Crippen LogP) is 2.64. The van der Waals surface area contributed by atoms with Crippen molar-refractivity contribution in [3.8, 4) is 5.75 Å². The third kappa shape index (κ3) is 2.60. The van der Waals surface area contributed by atoms with Crippen molar-refractivity contribution < 1.29 is 9.53 Å². The molecule has 1 aliphatic heterocycles. The number of piperidine rings is 1. The average molecular weight is 233 g/mol. The van der Waals surface area contributed by atoms with Gasteiger partial charge in [-0.05, 0) is 26.0 Å². The molecule has 0 aliphatic carbocycles.